The fourth-order valence-electron chi connectivity index (χ4n) is 2.68. The molecule has 0 amide bonds. The lowest BCUT2D eigenvalue weighted by Gasteiger charge is -2.36. The minimum absolute atomic E-state index is 0.0660. The number of carboxylic acids is 1. The van der Waals surface area contributed by atoms with E-state index >= 15 is 0 Å². The van der Waals surface area contributed by atoms with Crippen molar-refractivity contribution in [3.05, 3.63) is 23.4 Å². The third-order valence-electron chi connectivity index (χ3n) is 3.85. The summed E-state index contributed by atoms with van der Waals surface area (Å²) < 4.78 is 0. The van der Waals surface area contributed by atoms with Crippen molar-refractivity contribution in [1.29, 1.82) is 0 Å². The van der Waals surface area contributed by atoms with Gasteiger partial charge in [-0.25, -0.2) is 9.78 Å². The number of aliphatic hydroxyl groups excluding tert-OH is 1. The number of aryl methyl sites for hydroxylation is 1. The molecule has 1 saturated carbocycles. The van der Waals surface area contributed by atoms with Gasteiger partial charge < -0.3 is 15.1 Å². The van der Waals surface area contributed by atoms with Gasteiger partial charge in [0.15, 0.2) is 0 Å². The van der Waals surface area contributed by atoms with E-state index in [4.69, 9.17) is 5.11 Å². The summed E-state index contributed by atoms with van der Waals surface area (Å²) in [7, 11) is 1.90. The standard InChI is InChI=1S/C14H20N2O3/c1-9-10(14(18)19)7-8-13(15-9)16(2)11-5-3-4-6-12(11)17/h7-8,11-12,17H,3-6H2,1-2H3,(H,18,19). The maximum atomic E-state index is 11.0. The monoisotopic (exact) mass is 264 g/mol. The van der Waals surface area contributed by atoms with Gasteiger partial charge in [0.1, 0.15) is 5.82 Å². The molecule has 2 atom stereocenters. The highest BCUT2D eigenvalue weighted by molar-refractivity contribution is 5.89. The predicted octanol–water partition coefficient (Wildman–Crippen LogP) is 1.83. The molecule has 0 bridgehead atoms. The van der Waals surface area contributed by atoms with Crippen LogP contribution in [0.15, 0.2) is 12.1 Å². The zero-order valence-electron chi connectivity index (χ0n) is 11.3. The number of rotatable bonds is 3. The SMILES string of the molecule is Cc1nc(N(C)C2CCCCC2O)ccc1C(=O)O. The summed E-state index contributed by atoms with van der Waals surface area (Å²) in [5.74, 6) is -0.245. The number of carbonyl (C=O) groups is 1. The lowest BCUT2D eigenvalue weighted by Crippen LogP contribution is -2.43. The van der Waals surface area contributed by atoms with E-state index < -0.39 is 5.97 Å². The smallest absolute Gasteiger partial charge is 0.337 e. The third-order valence-corrected chi connectivity index (χ3v) is 3.85. The lowest BCUT2D eigenvalue weighted by molar-refractivity contribution is 0.0695. The highest BCUT2D eigenvalue weighted by Gasteiger charge is 2.27. The quantitative estimate of drug-likeness (QED) is 0.871. The van der Waals surface area contributed by atoms with Gasteiger partial charge in [-0.05, 0) is 31.9 Å². The maximum Gasteiger partial charge on any atom is 0.337 e. The number of carboxylic acid groups (broad SMARTS) is 1. The molecule has 2 rings (SSSR count). The molecule has 1 aromatic heterocycles. The number of aromatic carboxylic acids is 1. The fourth-order valence-corrected chi connectivity index (χ4v) is 2.68. The van der Waals surface area contributed by atoms with Gasteiger partial charge in [-0.1, -0.05) is 12.8 Å². The van der Waals surface area contributed by atoms with Crippen molar-refractivity contribution in [2.24, 2.45) is 0 Å². The third kappa shape index (κ3) is 2.87. The fraction of sp³-hybridized carbons (Fsp3) is 0.571. The number of aliphatic hydroxyl groups is 1. The highest BCUT2D eigenvalue weighted by atomic mass is 16.4. The molecule has 1 aliphatic rings. The molecule has 5 heteroatoms. The Kier molecular flexibility index (Phi) is 4.04. The Morgan fingerprint density at radius 1 is 1.37 bits per heavy atom. The first-order valence-corrected chi connectivity index (χ1v) is 6.62. The maximum absolute atomic E-state index is 11.0. The van der Waals surface area contributed by atoms with E-state index in [0.29, 0.717) is 11.5 Å². The Bertz CT molecular complexity index is 476. The topological polar surface area (TPSA) is 73.7 Å². The summed E-state index contributed by atoms with van der Waals surface area (Å²) >= 11 is 0. The molecule has 5 nitrogen and oxygen atoms in total. The highest BCUT2D eigenvalue weighted by Crippen LogP contribution is 2.26. The van der Waals surface area contributed by atoms with Gasteiger partial charge in [-0.15, -0.1) is 0 Å². The van der Waals surface area contributed by atoms with E-state index in [1.807, 2.05) is 11.9 Å². The molecule has 0 aliphatic heterocycles. The second-order valence-electron chi connectivity index (χ2n) is 5.14. The van der Waals surface area contributed by atoms with Gasteiger partial charge in [0, 0.05) is 7.05 Å². The molecule has 2 unspecified atom stereocenters. The Morgan fingerprint density at radius 2 is 2.05 bits per heavy atom. The van der Waals surface area contributed by atoms with Crippen LogP contribution >= 0.6 is 0 Å². The molecule has 0 spiro atoms. The van der Waals surface area contributed by atoms with Gasteiger partial charge in [-0.3, -0.25) is 0 Å². The van der Waals surface area contributed by atoms with Crippen LogP contribution in [-0.4, -0.2) is 40.4 Å². The number of likely N-dealkylation sites (N-methyl/N-ethyl adjacent to an activating group) is 1. The van der Waals surface area contributed by atoms with Gasteiger partial charge in [-0.2, -0.15) is 0 Å². The number of hydrogen-bond donors (Lipinski definition) is 2. The zero-order valence-corrected chi connectivity index (χ0v) is 11.3. The molecule has 1 heterocycles. The van der Waals surface area contributed by atoms with E-state index in [9.17, 15) is 9.90 Å². The first-order chi connectivity index (χ1) is 9.00. The van der Waals surface area contributed by atoms with Crippen molar-refractivity contribution >= 4 is 11.8 Å². The van der Waals surface area contributed by atoms with Crippen LogP contribution in [0.1, 0.15) is 41.7 Å². The molecule has 0 radical (unpaired) electrons. The van der Waals surface area contributed by atoms with Crippen LogP contribution in [0.4, 0.5) is 5.82 Å². The normalized spacial score (nSPS) is 23.1. The number of anilines is 1. The Balaban J connectivity index is 2.21. The molecule has 0 saturated heterocycles. The van der Waals surface area contributed by atoms with Crippen LogP contribution in [0.5, 0.6) is 0 Å². The molecule has 104 valence electrons. The van der Waals surface area contributed by atoms with E-state index in [1.54, 1.807) is 19.1 Å². The lowest BCUT2D eigenvalue weighted by atomic mass is 9.91. The van der Waals surface area contributed by atoms with Crippen molar-refractivity contribution in [3.8, 4) is 0 Å². The second kappa shape index (κ2) is 5.57. The van der Waals surface area contributed by atoms with Crippen LogP contribution in [-0.2, 0) is 0 Å². The van der Waals surface area contributed by atoms with Gasteiger partial charge in [0.05, 0.1) is 23.4 Å². The molecular formula is C14H20N2O3. The van der Waals surface area contributed by atoms with E-state index in [1.165, 1.54) is 0 Å². The molecule has 1 aliphatic carbocycles. The van der Waals surface area contributed by atoms with Crippen LogP contribution < -0.4 is 4.90 Å². The molecule has 2 N–H and O–H groups in total. The van der Waals surface area contributed by atoms with Crippen molar-refractivity contribution in [3.63, 3.8) is 0 Å². The predicted molar refractivity (Wildman–Crippen MR) is 72.6 cm³/mol. The molecule has 0 aromatic carbocycles. The van der Waals surface area contributed by atoms with Crippen LogP contribution in [0, 0.1) is 6.92 Å². The van der Waals surface area contributed by atoms with E-state index in [-0.39, 0.29) is 17.7 Å². The Morgan fingerprint density at radius 3 is 2.63 bits per heavy atom. The van der Waals surface area contributed by atoms with Gasteiger partial charge >= 0.3 is 5.97 Å². The zero-order chi connectivity index (χ0) is 14.0. The number of hydrogen-bond acceptors (Lipinski definition) is 4. The first kappa shape index (κ1) is 13.8. The summed E-state index contributed by atoms with van der Waals surface area (Å²) in [6, 6.07) is 3.35. The van der Waals surface area contributed by atoms with Crippen molar-refractivity contribution in [2.75, 3.05) is 11.9 Å². The van der Waals surface area contributed by atoms with Gasteiger partial charge in [0.25, 0.3) is 0 Å². The molecule has 1 fully saturated rings. The summed E-state index contributed by atoms with van der Waals surface area (Å²) in [4.78, 5) is 17.3. The number of nitrogens with zero attached hydrogens (tertiary/aromatic N) is 2. The molecule has 1 aromatic rings. The van der Waals surface area contributed by atoms with Gasteiger partial charge in [0.2, 0.25) is 0 Å². The molecule has 19 heavy (non-hydrogen) atoms. The van der Waals surface area contributed by atoms with Crippen LogP contribution in [0.2, 0.25) is 0 Å². The average Bonchev–Trinajstić information content (AvgIpc) is 2.38. The number of aromatic nitrogens is 1. The summed E-state index contributed by atoms with van der Waals surface area (Å²) in [5.41, 5.74) is 0.725. The minimum atomic E-state index is -0.961. The minimum Gasteiger partial charge on any atom is -0.478 e. The largest absolute Gasteiger partial charge is 0.478 e. The summed E-state index contributed by atoms with van der Waals surface area (Å²) in [6.07, 6.45) is 3.61. The Hall–Kier alpha value is -1.62. The average molecular weight is 264 g/mol. The number of pyridine rings is 1. The molecular weight excluding hydrogens is 244 g/mol. The summed E-state index contributed by atoms with van der Waals surface area (Å²) in [5, 5.41) is 19.0. The Labute approximate surface area is 112 Å². The van der Waals surface area contributed by atoms with E-state index in [0.717, 1.165) is 25.7 Å². The van der Waals surface area contributed by atoms with Crippen molar-refractivity contribution < 1.29 is 15.0 Å². The van der Waals surface area contributed by atoms with Crippen molar-refractivity contribution in [1.82, 2.24) is 4.98 Å². The van der Waals surface area contributed by atoms with Crippen molar-refractivity contribution in [2.45, 2.75) is 44.8 Å². The first-order valence-electron chi connectivity index (χ1n) is 6.62. The van der Waals surface area contributed by atoms with Crippen LogP contribution in [0.3, 0.4) is 0 Å². The van der Waals surface area contributed by atoms with Crippen LogP contribution in [0.25, 0.3) is 0 Å². The summed E-state index contributed by atoms with van der Waals surface area (Å²) in [6.45, 7) is 1.69. The van der Waals surface area contributed by atoms with E-state index in [2.05, 4.69) is 4.98 Å². The second-order valence-corrected chi connectivity index (χ2v) is 5.14.